The fraction of sp³-hybridized carbons (Fsp3) is 0.0625. The molecule has 0 fully saturated rings. The first kappa shape index (κ1) is 12.9. The largest absolute Gasteiger partial charge is 0.453 e. The van der Waals surface area contributed by atoms with Crippen molar-refractivity contribution in [2.75, 3.05) is 0 Å². The van der Waals surface area contributed by atoms with Gasteiger partial charge in [0.1, 0.15) is 11.4 Å². The van der Waals surface area contributed by atoms with Crippen LogP contribution in [0, 0.1) is 12.7 Å². The highest BCUT2D eigenvalue weighted by Gasteiger charge is 2.17. The molecule has 0 atom stereocenters. The van der Waals surface area contributed by atoms with Gasteiger partial charge in [-0.1, -0.05) is 17.7 Å². The van der Waals surface area contributed by atoms with E-state index in [0.717, 1.165) is 5.56 Å². The van der Waals surface area contributed by atoms with Crippen molar-refractivity contribution < 1.29 is 13.6 Å². The minimum absolute atomic E-state index is 0.149. The number of benzene rings is 2. The van der Waals surface area contributed by atoms with Gasteiger partial charge in [-0.3, -0.25) is 4.79 Å². The second-order valence-electron chi connectivity index (χ2n) is 4.61. The molecule has 0 saturated carbocycles. The van der Waals surface area contributed by atoms with Gasteiger partial charge in [-0.05, 0) is 48.9 Å². The third-order valence-electron chi connectivity index (χ3n) is 3.07. The van der Waals surface area contributed by atoms with Crippen LogP contribution < -0.4 is 0 Å². The number of rotatable bonds is 2. The molecule has 0 unspecified atom stereocenters. The molecule has 2 aromatic carbocycles. The quantitative estimate of drug-likeness (QED) is 0.636. The number of carbonyl (C=O) groups excluding carboxylic acids is 1. The summed E-state index contributed by atoms with van der Waals surface area (Å²) in [5.41, 5.74) is 1.81. The molecule has 0 N–H and O–H groups in total. The molecule has 20 heavy (non-hydrogen) atoms. The molecular formula is C16H10ClFO2. The Labute approximate surface area is 119 Å². The maximum atomic E-state index is 13.1. The maximum Gasteiger partial charge on any atom is 0.229 e. The van der Waals surface area contributed by atoms with Crippen LogP contribution in [0.2, 0.25) is 5.02 Å². The summed E-state index contributed by atoms with van der Waals surface area (Å²) in [5, 5.41) is 0.929. The van der Waals surface area contributed by atoms with Crippen LogP contribution in [0.3, 0.4) is 0 Å². The summed E-state index contributed by atoms with van der Waals surface area (Å²) in [7, 11) is 0. The predicted octanol–water partition coefficient (Wildman–Crippen LogP) is 4.76. The second-order valence-corrected chi connectivity index (χ2v) is 5.01. The van der Waals surface area contributed by atoms with Gasteiger partial charge < -0.3 is 4.42 Å². The van der Waals surface area contributed by atoms with Gasteiger partial charge in [0.05, 0.1) is 5.02 Å². The Morgan fingerprint density at radius 2 is 1.95 bits per heavy atom. The second kappa shape index (κ2) is 4.76. The fourth-order valence-electron chi connectivity index (χ4n) is 2.06. The number of fused-ring (bicyclic) bond motifs is 1. The van der Waals surface area contributed by atoms with E-state index in [2.05, 4.69) is 0 Å². The summed E-state index contributed by atoms with van der Waals surface area (Å²) in [6, 6.07) is 10.8. The van der Waals surface area contributed by atoms with E-state index < -0.39 is 0 Å². The number of aryl methyl sites for hydroxylation is 1. The lowest BCUT2D eigenvalue weighted by atomic mass is 10.1. The maximum absolute atomic E-state index is 13.1. The third kappa shape index (κ3) is 2.21. The summed E-state index contributed by atoms with van der Waals surface area (Å²) in [4.78, 5) is 12.4. The van der Waals surface area contributed by atoms with Crippen molar-refractivity contribution in [3.63, 3.8) is 0 Å². The topological polar surface area (TPSA) is 30.2 Å². The van der Waals surface area contributed by atoms with Crippen molar-refractivity contribution in [1.82, 2.24) is 0 Å². The SMILES string of the molecule is Cc1ccc(C(=O)c2cc3cc(F)ccc3o2)c(Cl)c1. The summed E-state index contributed by atoms with van der Waals surface area (Å²) in [5.74, 6) is -0.534. The van der Waals surface area contributed by atoms with Crippen LogP contribution in [0.1, 0.15) is 21.7 Å². The Morgan fingerprint density at radius 3 is 2.70 bits per heavy atom. The molecule has 1 heterocycles. The monoisotopic (exact) mass is 288 g/mol. The first-order chi connectivity index (χ1) is 9.54. The predicted molar refractivity (Wildman–Crippen MR) is 75.8 cm³/mol. The lowest BCUT2D eigenvalue weighted by molar-refractivity contribution is 0.101. The molecule has 0 aliphatic heterocycles. The smallest absolute Gasteiger partial charge is 0.229 e. The summed E-state index contributed by atoms with van der Waals surface area (Å²) >= 11 is 6.08. The van der Waals surface area contributed by atoms with Crippen molar-refractivity contribution in [3.05, 3.63) is 70.2 Å². The van der Waals surface area contributed by atoms with Gasteiger partial charge >= 0.3 is 0 Å². The molecule has 0 aliphatic carbocycles. The number of ketones is 1. The summed E-state index contributed by atoms with van der Waals surface area (Å²) in [6.07, 6.45) is 0. The third-order valence-corrected chi connectivity index (χ3v) is 3.38. The average Bonchev–Trinajstić information content (AvgIpc) is 2.81. The highest BCUT2D eigenvalue weighted by molar-refractivity contribution is 6.35. The lowest BCUT2D eigenvalue weighted by Crippen LogP contribution is -2.00. The van der Waals surface area contributed by atoms with Gasteiger partial charge in [0.2, 0.25) is 5.78 Å². The van der Waals surface area contributed by atoms with Crippen molar-refractivity contribution in [3.8, 4) is 0 Å². The van der Waals surface area contributed by atoms with E-state index in [1.165, 1.54) is 24.3 Å². The molecule has 3 aromatic rings. The van der Waals surface area contributed by atoms with Gasteiger partial charge in [0, 0.05) is 10.9 Å². The zero-order chi connectivity index (χ0) is 14.3. The Hall–Kier alpha value is -2.13. The van der Waals surface area contributed by atoms with Crippen LogP contribution in [-0.2, 0) is 0 Å². The van der Waals surface area contributed by atoms with Gasteiger partial charge in [-0.15, -0.1) is 0 Å². The number of furan rings is 1. The highest BCUT2D eigenvalue weighted by atomic mass is 35.5. The van der Waals surface area contributed by atoms with Gasteiger partial charge in [-0.25, -0.2) is 4.39 Å². The van der Waals surface area contributed by atoms with Crippen molar-refractivity contribution in [2.24, 2.45) is 0 Å². The highest BCUT2D eigenvalue weighted by Crippen LogP contribution is 2.25. The van der Waals surface area contributed by atoms with E-state index in [4.69, 9.17) is 16.0 Å². The fourth-order valence-corrected chi connectivity index (χ4v) is 2.38. The van der Waals surface area contributed by atoms with Crippen molar-refractivity contribution in [1.29, 1.82) is 0 Å². The minimum atomic E-state index is -0.370. The van der Waals surface area contributed by atoms with Crippen LogP contribution >= 0.6 is 11.6 Å². The molecule has 0 aliphatic rings. The summed E-state index contributed by atoms with van der Waals surface area (Å²) in [6.45, 7) is 1.89. The van der Waals surface area contributed by atoms with Crippen LogP contribution in [0.4, 0.5) is 4.39 Å². The van der Waals surface area contributed by atoms with E-state index >= 15 is 0 Å². The Balaban J connectivity index is 2.08. The number of hydrogen-bond donors (Lipinski definition) is 0. The van der Waals surface area contributed by atoms with E-state index in [1.807, 2.05) is 6.92 Å². The standard InChI is InChI=1S/C16H10ClFO2/c1-9-2-4-12(13(17)6-9)16(19)15-8-10-7-11(18)3-5-14(10)20-15/h2-8H,1H3. The molecule has 0 spiro atoms. The minimum Gasteiger partial charge on any atom is -0.453 e. The van der Waals surface area contributed by atoms with Crippen molar-refractivity contribution in [2.45, 2.75) is 6.92 Å². The Bertz CT molecular complexity index is 820. The molecule has 0 radical (unpaired) electrons. The first-order valence-electron chi connectivity index (χ1n) is 6.04. The molecular weight excluding hydrogens is 279 g/mol. The molecule has 0 bridgehead atoms. The van der Waals surface area contributed by atoms with E-state index in [-0.39, 0.29) is 17.4 Å². The van der Waals surface area contributed by atoms with Gasteiger partial charge in [0.25, 0.3) is 0 Å². The average molecular weight is 289 g/mol. The van der Waals surface area contributed by atoms with E-state index in [1.54, 1.807) is 18.2 Å². The number of carbonyl (C=O) groups is 1. The molecule has 0 amide bonds. The zero-order valence-electron chi connectivity index (χ0n) is 10.6. The zero-order valence-corrected chi connectivity index (χ0v) is 11.4. The molecule has 1 aromatic heterocycles. The number of halogens is 2. The van der Waals surface area contributed by atoms with Gasteiger partial charge in [-0.2, -0.15) is 0 Å². The first-order valence-corrected chi connectivity index (χ1v) is 6.42. The van der Waals surface area contributed by atoms with Gasteiger partial charge in [0.15, 0.2) is 5.76 Å². The lowest BCUT2D eigenvalue weighted by Gasteiger charge is -2.02. The van der Waals surface area contributed by atoms with Crippen molar-refractivity contribution >= 4 is 28.4 Å². The van der Waals surface area contributed by atoms with Crippen LogP contribution in [0.25, 0.3) is 11.0 Å². The van der Waals surface area contributed by atoms with E-state index in [0.29, 0.717) is 21.6 Å². The molecule has 3 rings (SSSR count). The number of hydrogen-bond acceptors (Lipinski definition) is 2. The molecule has 0 saturated heterocycles. The van der Waals surface area contributed by atoms with Crippen LogP contribution in [0.15, 0.2) is 46.9 Å². The summed E-state index contributed by atoms with van der Waals surface area (Å²) < 4.78 is 18.6. The normalized spacial score (nSPS) is 10.9. The van der Waals surface area contributed by atoms with E-state index in [9.17, 15) is 9.18 Å². The Kier molecular flexibility index (Phi) is 3.07. The molecule has 2 nitrogen and oxygen atoms in total. The molecule has 100 valence electrons. The van der Waals surface area contributed by atoms with Crippen LogP contribution in [0.5, 0.6) is 0 Å². The Morgan fingerprint density at radius 1 is 1.15 bits per heavy atom. The molecule has 4 heteroatoms. The van der Waals surface area contributed by atoms with Crippen LogP contribution in [-0.4, -0.2) is 5.78 Å².